The molecule has 168 valence electrons. The van der Waals surface area contributed by atoms with E-state index in [2.05, 4.69) is 0 Å². The molecule has 0 aliphatic heterocycles. The van der Waals surface area contributed by atoms with Crippen LogP contribution in [0.1, 0.15) is 25.3 Å². The molecule has 0 aliphatic rings. The first-order valence-electron chi connectivity index (χ1n) is 9.81. The van der Waals surface area contributed by atoms with Crippen LogP contribution in [0.5, 0.6) is 0 Å². The number of benzene rings is 2. The SMILES string of the molecule is CC(OC(=O)CCCN(C)S(=O)(=O)c1ccc(F)cc1)C(=O)N(C)Cc1ccccc1. The van der Waals surface area contributed by atoms with Gasteiger partial charge in [0.2, 0.25) is 10.0 Å². The number of halogens is 1. The predicted molar refractivity (Wildman–Crippen MR) is 114 cm³/mol. The zero-order chi connectivity index (χ0) is 23.0. The molecule has 0 spiro atoms. The molecule has 0 aliphatic carbocycles. The highest BCUT2D eigenvalue weighted by molar-refractivity contribution is 7.89. The second kappa shape index (κ2) is 11.0. The van der Waals surface area contributed by atoms with E-state index < -0.39 is 27.9 Å². The van der Waals surface area contributed by atoms with Crippen molar-refractivity contribution in [3.63, 3.8) is 0 Å². The Balaban J connectivity index is 1.79. The van der Waals surface area contributed by atoms with Gasteiger partial charge in [0.25, 0.3) is 5.91 Å². The lowest BCUT2D eigenvalue weighted by atomic mass is 10.2. The van der Waals surface area contributed by atoms with Crippen LogP contribution in [0.2, 0.25) is 0 Å². The second-order valence-corrected chi connectivity index (χ2v) is 9.24. The number of amides is 1. The monoisotopic (exact) mass is 450 g/mol. The molecule has 2 aromatic carbocycles. The van der Waals surface area contributed by atoms with Crippen LogP contribution in [0.15, 0.2) is 59.5 Å². The van der Waals surface area contributed by atoms with E-state index in [-0.39, 0.29) is 30.2 Å². The highest BCUT2D eigenvalue weighted by Crippen LogP contribution is 2.15. The summed E-state index contributed by atoms with van der Waals surface area (Å²) in [6.07, 6.45) is -0.762. The van der Waals surface area contributed by atoms with Crippen LogP contribution in [0.4, 0.5) is 4.39 Å². The average molecular weight is 451 g/mol. The quantitative estimate of drug-likeness (QED) is 0.520. The maximum atomic E-state index is 13.0. The minimum absolute atomic E-state index is 0.0281. The summed E-state index contributed by atoms with van der Waals surface area (Å²) < 4.78 is 44.2. The van der Waals surface area contributed by atoms with Crippen molar-refractivity contribution in [3.8, 4) is 0 Å². The minimum Gasteiger partial charge on any atom is -0.453 e. The van der Waals surface area contributed by atoms with E-state index in [0.717, 1.165) is 22.0 Å². The van der Waals surface area contributed by atoms with Crippen LogP contribution in [0.25, 0.3) is 0 Å². The first-order valence-corrected chi connectivity index (χ1v) is 11.3. The fourth-order valence-electron chi connectivity index (χ4n) is 2.90. The van der Waals surface area contributed by atoms with Crippen molar-refractivity contribution >= 4 is 21.9 Å². The normalized spacial score (nSPS) is 12.4. The molecular weight excluding hydrogens is 423 g/mol. The smallest absolute Gasteiger partial charge is 0.306 e. The van der Waals surface area contributed by atoms with Crippen LogP contribution < -0.4 is 0 Å². The number of hydrogen-bond donors (Lipinski definition) is 0. The number of sulfonamides is 1. The van der Waals surface area contributed by atoms with E-state index in [1.54, 1.807) is 7.05 Å². The largest absolute Gasteiger partial charge is 0.453 e. The van der Waals surface area contributed by atoms with Crippen LogP contribution in [-0.4, -0.2) is 56.2 Å². The lowest BCUT2D eigenvalue weighted by molar-refractivity contribution is -0.158. The Morgan fingerprint density at radius 3 is 2.26 bits per heavy atom. The minimum atomic E-state index is -3.78. The van der Waals surface area contributed by atoms with Gasteiger partial charge in [-0.05, 0) is 43.2 Å². The lowest BCUT2D eigenvalue weighted by Gasteiger charge is -2.22. The van der Waals surface area contributed by atoms with E-state index in [4.69, 9.17) is 4.74 Å². The van der Waals surface area contributed by atoms with Gasteiger partial charge in [-0.15, -0.1) is 0 Å². The predicted octanol–water partition coefficient (Wildman–Crippen LogP) is 2.82. The zero-order valence-electron chi connectivity index (χ0n) is 17.8. The van der Waals surface area contributed by atoms with Gasteiger partial charge in [0.15, 0.2) is 6.10 Å². The van der Waals surface area contributed by atoms with Gasteiger partial charge < -0.3 is 9.64 Å². The molecule has 2 aromatic rings. The number of likely N-dealkylation sites (N-methyl/N-ethyl adjacent to an activating group) is 1. The maximum Gasteiger partial charge on any atom is 0.306 e. The topological polar surface area (TPSA) is 84.0 Å². The number of esters is 1. The maximum absolute atomic E-state index is 13.0. The molecule has 0 aromatic heterocycles. The van der Waals surface area contributed by atoms with E-state index in [1.807, 2.05) is 30.3 Å². The molecule has 0 bridgehead atoms. The number of ether oxygens (including phenoxy) is 1. The third-order valence-electron chi connectivity index (χ3n) is 4.67. The van der Waals surface area contributed by atoms with Crippen molar-refractivity contribution in [1.29, 1.82) is 0 Å². The number of carbonyl (C=O) groups excluding carboxylic acids is 2. The van der Waals surface area contributed by atoms with Crippen LogP contribution in [-0.2, 0) is 30.9 Å². The second-order valence-electron chi connectivity index (χ2n) is 7.20. The summed E-state index contributed by atoms with van der Waals surface area (Å²) in [7, 11) is -0.760. The summed E-state index contributed by atoms with van der Waals surface area (Å²) in [4.78, 5) is 25.9. The first kappa shape index (κ1) is 24.5. The summed E-state index contributed by atoms with van der Waals surface area (Å²) >= 11 is 0. The molecule has 1 amide bonds. The van der Waals surface area contributed by atoms with Crippen molar-refractivity contribution in [2.24, 2.45) is 0 Å². The van der Waals surface area contributed by atoms with Crippen LogP contribution >= 0.6 is 0 Å². The van der Waals surface area contributed by atoms with Gasteiger partial charge in [0, 0.05) is 33.6 Å². The fraction of sp³-hybridized carbons (Fsp3) is 0.364. The first-order chi connectivity index (χ1) is 14.6. The van der Waals surface area contributed by atoms with Gasteiger partial charge in [-0.1, -0.05) is 30.3 Å². The van der Waals surface area contributed by atoms with Gasteiger partial charge in [-0.3, -0.25) is 9.59 Å². The summed E-state index contributed by atoms with van der Waals surface area (Å²) in [6.45, 7) is 1.98. The highest BCUT2D eigenvalue weighted by atomic mass is 32.2. The molecule has 31 heavy (non-hydrogen) atoms. The van der Waals surface area contributed by atoms with Gasteiger partial charge in [-0.25, -0.2) is 17.1 Å². The number of carbonyl (C=O) groups is 2. The van der Waals surface area contributed by atoms with Gasteiger partial charge in [0.05, 0.1) is 4.90 Å². The molecule has 0 heterocycles. The number of hydrogen-bond acceptors (Lipinski definition) is 5. The van der Waals surface area contributed by atoms with E-state index >= 15 is 0 Å². The molecule has 1 atom stereocenters. The summed E-state index contributed by atoms with van der Waals surface area (Å²) in [6, 6.07) is 14.0. The zero-order valence-corrected chi connectivity index (χ0v) is 18.6. The third kappa shape index (κ3) is 7.15. The average Bonchev–Trinajstić information content (AvgIpc) is 2.74. The van der Waals surface area contributed by atoms with Crippen molar-refractivity contribution in [3.05, 3.63) is 66.0 Å². The lowest BCUT2D eigenvalue weighted by Crippen LogP contribution is -2.37. The Labute approximate surface area is 182 Å². The molecule has 0 fully saturated rings. The van der Waals surface area contributed by atoms with Gasteiger partial charge in [-0.2, -0.15) is 0 Å². The van der Waals surface area contributed by atoms with E-state index in [1.165, 1.54) is 31.0 Å². The van der Waals surface area contributed by atoms with Crippen molar-refractivity contribution in [2.45, 2.75) is 37.3 Å². The molecule has 1 unspecified atom stereocenters. The summed E-state index contributed by atoms with van der Waals surface area (Å²) in [5.74, 6) is -1.43. The Kier molecular flexibility index (Phi) is 8.70. The number of rotatable bonds is 10. The Hall–Kier alpha value is -2.78. The standard InChI is InChI=1S/C22H27FN2O5S/c1-17(22(27)24(2)16-18-8-5-4-6-9-18)30-21(26)10-7-15-25(3)31(28,29)20-13-11-19(23)12-14-20/h4-6,8-9,11-14,17H,7,10,15-16H2,1-3H3. The Bertz CT molecular complexity index is 981. The van der Waals surface area contributed by atoms with Crippen LogP contribution in [0.3, 0.4) is 0 Å². The van der Waals surface area contributed by atoms with Gasteiger partial charge >= 0.3 is 5.97 Å². The molecular formula is C22H27FN2O5S. The summed E-state index contributed by atoms with van der Waals surface area (Å²) in [5.41, 5.74) is 0.960. The molecule has 2 rings (SSSR count). The molecule has 0 radical (unpaired) electrons. The molecule has 7 nitrogen and oxygen atoms in total. The Morgan fingerprint density at radius 1 is 1.03 bits per heavy atom. The van der Waals surface area contributed by atoms with Crippen molar-refractivity contribution in [1.82, 2.24) is 9.21 Å². The Morgan fingerprint density at radius 2 is 1.65 bits per heavy atom. The van der Waals surface area contributed by atoms with Crippen LogP contribution in [0, 0.1) is 5.82 Å². The van der Waals surface area contributed by atoms with Crippen molar-refractivity contribution < 1.29 is 27.1 Å². The van der Waals surface area contributed by atoms with Crippen molar-refractivity contribution in [2.75, 3.05) is 20.6 Å². The van der Waals surface area contributed by atoms with Gasteiger partial charge in [0.1, 0.15) is 5.82 Å². The highest BCUT2D eigenvalue weighted by Gasteiger charge is 2.23. The molecule has 0 saturated heterocycles. The number of nitrogens with zero attached hydrogens (tertiary/aromatic N) is 2. The molecule has 0 saturated carbocycles. The molecule has 9 heteroatoms. The fourth-order valence-corrected chi connectivity index (χ4v) is 4.11. The third-order valence-corrected chi connectivity index (χ3v) is 6.54. The van der Waals surface area contributed by atoms with E-state index in [0.29, 0.717) is 6.54 Å². The summed E-state index contributed by atoms with van der Waals surface area (Å²) in [5, 5.41) is 0. The van der Waals surface area contributed by atoms with E-state index in [9.17, 15) is 22.4 Å². The molecule has 0 N–H and O–H groups in total.